The highest BCUT2D eigenvalue weighted by Gasteiger charge is 2.33. The fourth-order valence-electron chi connectivity index (χ4n) is 2.85. The zero-order chi connectivity index (χ0) is 19.9. The van der Waals surface area contributed by atoms with E-state index in [1.165, 1.54) is 6.20 Å². The molecule has 4 heterocycles. The van der Waals surface area contributed by atoms with Crippen molar-refractivity contribution in [2.45, 2.75) is 24.1 Å². The highest BCUT2D eigenvalue weighted by atomic mass is 32.2. The summed E-state index contributed by atoms with van der Waals surface area (Å²) >= 11 is 1.57. The van der Waals surface area contributed by atoms with E-state index < -0.39 is 11.9 Å². The quantitative estimate of drug-likeness (QED) is 0.594. The van der Waals surface area contributed by atoms with Crippen LogP contribution in [0.3, 0.4) is 0 Å². The van der Waals surface area contributed by atoms with Crippen LogP contribution in [0.25, 0.3) is 22.6 Å². The molecule has 1 saturated heterocycles. The number of fused-ring (bicyclic) bond motifs is 1. The maximum absolute atomic E-state index is 13.0. The van der Waals surface area contributed by atoms with Gasteiger partial charge in [-0.15, -0.1) is 11.8 Å². The van der Waals surface area contributed by atoms with E-state index in [9.17, 15) is 13.2 Å². The molecule has 3 aromatic heterocycles. The molecule has 3 aromatic rings. The summed E-state index contributed by atoms with van der Waals surface area (Å²) < 4.78 is 51.5. The fourth-order valence-corrected chi connectivity index (χ4v) is 3.65. The predicted molar refractivity (Wildman–Crippen MR) is 98.4 cm³/mol. The number of nitrogens with zero attached hydrogens (tertiary/aromatic N) is 4. The Hall–Kier alpha value is -2.33. The molecule has 0 radical (unpaired) electrons. The Morgan fingerprint density at radius 1 is 1.25 bits per heavy atom. The molecule has 1 aliphatic rings. The maximum Gasteiger partial charge on any atom is 0.433 e. The van der Waals surface area contributed by atoms with Crippen molar-refractivity contribution >= 4 is 22.8 Å². The Morgan fingerprint density at radius 3 is 2.68 bits per heavy atom. The number of pyridine rings is 2. The minimum atomic E-state index is -4.52. The lowest BCUT2D eigenvalue weighted by Crippen LogP contribution is -2.38. The van der Waals surface area contributed by atoms with Gasteiger partial charge in [0, 0.05) is 11.9 Å². The number of ether oxygens (including phenoxy) is 2. The molecule has 0 saturated carbocycles. The van der Waals surface area contributed by atoms with Gasteiger partial charge in [-0.25, -0.2) is 15.0 Å². The molecule has 0 aromatic carbocycles. The largest absolute Gasteiger partial charge is 0.484 e. The summed E-state index contributed by atoms with van der Waals surface area (Å²) in [4.78, 5) is 13.3. The number of halogens is 3. The topological polar surface area (TPSA) is 62.1 Å². The number of imidazole rings is 1. The minimum absolute atomic E-state index is 0.0229. The van der Waals surface area contributed by atoms with Crippen molar-refractivity contribution in [3.05, 3.63) is 30.2 Å². The summed E-state index contributed by atoms with van der Waals surface area (Å²) in [5.74, 6) is 1.91. The predicted octanol–water partition coefficient (Wildman–Crippen LogP) is 3.94. The molecule has 10 heteroatoms. The number of aromatic nitrogens is 4. The molecule has 0 aliphatic carbocycles. The van der Waals surface area contributed by atoms with Crippen LogP contribution >= 0.6 is 11.8 Å². The highest BCUT2D eigenvalue weighted by Crippen LogP contribution is 2.35. The lowest BCUT2D eigenvalue weighted by molar-refractivity contribution is -0.141. The van der Waals surface area contributed by atoms with E-state index in [4.69, 9.17) is 9.47 Å². The van der Waals surface area contributed by atoms with Crippen LogP contribution in [-0.4, -0.2) is 44.6 Å². The molecule has 28 heavy (non-hydrogen) atoms. The molecule has 0 N–H and O–H groups in total. The van der Waals surface area contributed by atoms with Crippen LogP contribution in [0, 0.1) is 0 Å². The van der Waals surface area contributed by atoms with Crippen molar-refractivity contribution < 1.29 is 22.6 Å². The van der Waals surface area contributed by atoms with Gasteiger partial charge in [-0.05, 0) is 17.9 Å². The summed E-state index contributed by atoms with van der Waals surface area (Å²) in [5.41, 5.74) is 0.355. The molecule has 0 atom stereocenters. The van der Waals surface area contributed by atoms with Gasteiger partial charge in [0.1, 0.15) is 23.2 Å². The van der Waals surface area contributed by atoms with Gasteiger partial charge in [-0.1, -0.05) is 6.92 Å². The van der Waals surface area contributed by atoms with Gasteiger partial charge in [0.2, 0.25) is 0 Å². The van der Waals surface area contributed by atoms with Crippen molar-refractivity contribution in [2.75, 3.05) is 19.0 Å². The summed E-state index contributed by atoms with van der Waals surface area (Å²) in [6, 6.07) is 2.84. The Labute approximate surface area is 163 Å². The van der Waals surface area contributed by atoms with E-state index in [2.05, 4.69) is 15.0 Å². The zero-order valence-electron chi connectivity index (χ0n) is 15.2. The highest BCUT2D eigenvalue weighted by molar-refractivity contribution is 7.99. The maximum atomic E-state index is 13.0. The van der Waals surface area contributed by atoms with E-state index in [1.54, 1.807) is 29.6 Å². The molecule has 1 aliphatic heterocycles. The first-order chi connectivity index (χ1) is 13.4. The van der Waals surface area contributed by atoms with Crippen molar-refractivity contribution in [3.8, 4) is 17.3 Å². The first-order valence-corrected chi connectivity index (χ1v) is 9.62. The second-order valence-corrected chi connectivity index (χ2v) is 7.58. The standard InChI is InChI=1S/C18H17F3N4O2S/c1-3-28-14-4-10(27-11-8-26-9-11)6-23-16(14)17-24-12-5-15(18(19,20)21)22-7-13(12)25(17)2/h4-7,11H,3,8-9H2,1-2H3. The molecule has 4 rings (SSSR count). The minimum Gasteiger partial charge on any atom is -0.484 e. The van der Waals surface area contributed by atoms with Crippen LogP contribution in [0.15, 0.2) is 29.4 Å². The number of rotatable bonds is 5. The summed E-state index contributed by atoms with van der Waals surface area (Å²) in [7, 11) is 1.73. The third kappa shape index (κ3) is 3.53. The van der Waals surface area contributed by atoms with Crippen LogP contribution in [-0.2, 0) is 18.0 Å². The molecule has 0 amide bonds. The lowest BCUT2D eigenvalue weighted by Gasteiger charge is -2.26. The Morgan fingerprint density at radius 2 is 2.04 bits per heavy atom. The molecule has 0 spiro atoms. The molecule has 0 unspecified atom stereocenters. The number of thioether (sulfide) groups is 1. The van der Waals surface area contributed by atoms with Gasteiger partial charge in [-0.2, -0.15) is 13.2 Å². The van der Waals surface area contributed by atoms with Crippen LogP contribution in [0.4, 0.5) is 13.2 Å². The normalized spacial score (nSPS) is 15.0. The number of alkyl halides is 3. The molecule has 1 fully saturated rings. The van der Waals surface area contributed by atoms with Crippen LogP contribution in [0.2, 0.25) is 0 Å². The molecule has 6 nitrogen and oxygen atoms in total. The van der Waals surface area contributed by atoms with Gasteiger partial charge in [-0.3, -0.25) is 0 Å². The van der Waals surface area contributed by atoms with Crippen molar-refractivity contribution in [1.29, 1.82) is 0 Å². The van der Waals surface area contributed by atoms with E-state index in [0.29, 0.717) is 36.0 Å². The summed E-state index contributed by atoms with van der Waals surface area (Å²) in [5, 5.41) is 0. The van der Waals surface area contributed by atoms with Crippen LogP contribution < -0.4 is 4.74 Å². The third-order valence-corrected chi connectivity index (χ3v) is 5.22. The average molecular weight is 410 g/mol. The molecular weight excluding hydrogens is 393 g/mol. The second-order valence-electron chi connectivity index (χ2n) is 6.28. The fraction of sp³-hybridized carbons (Fsp3) is 0.389. The van der Waals surface area contributed by atoms with Gasteiger partial charge >= 0.3 is 6.18 Å². The second kappa shape index (κ2) is 7.25. The average Bonchev–Trinajstić information content (AvgIpc) is 2.94. The molecule has 0 bridgehead atoms. The van der Waals surface area contributed by atoms with E-state index in [-0.39, 0.29) is 11.6 Å². The Bertz CT molecular complexity index is 1020. The molecular formula is C18H17F3N4O2S. The third-order valence-electron chi connectivity index (χ3n) is 4.31. The number of aryl methyl sites for hydroxylation is 1. The summed E-state index contributed by atoms with van der Waals surface area (Å²) in [6.07, 6.45) is -1.70. The van der Waals surface area contributed by atoms with Crippen LogP contribution in [0.1, 0.15) is 12.6 Å². The van der Waals surface area contributed by atoms with Gasteiger partial charge < -0.3 is 14.0 Å². The van der Waals surface area contributed by atoms with E-state index in [0.717, 1.165) is 16.7 Å². The van der Waals surface area contributed by atoms with Crippen molar-refractivity contribution in [1.82, 2.24) is 19.5 Å². The monoisotopic (exact) mass is 410 g/mol. The van der Waals surface area contributed by atoms with Gasteiger partial charge in [0.05, 0.1) is 36.6 Å². The lowest BCUT2D eigenvalue weighted by atomic mass is 10.3. The zero-order valence-corrected chi connectivity index (χ0v) is 16.0. The van der Waals surface area contributed by atoms with Gasteiger partial charge in [0.25, 0.3) is 0 Å². The van der Waals surface area contributed by atoms with E-state index >= 15 is 0 Å². The SMILES string of the molecule is CCSc1cc(OC2COC2)cnc1-c1nc2cc(C(F)(F)F)ncc2n1C. The first kappa shape index (κ1) is 19.0. The smallest absolute Gasteiger partial charge is 0.433 e. The Balaban J connectivity index is 1.76. The van der Waals surface area contributed by atoms with Crippen LogP contribution in [0.5, 0.6) is 5.75 Å². The van der Waals surface area contributed by atoms with Gasteiger partial charge in [0.15, 0.2) is 5.82 Å². The van der Waals surface area contributed by atoms with Crippen molar-refractivity contribution in [2.24, 2.45) is 7.05 Å². The van der Waals surface area contributed by atoms with Crippen molar-refractivity contribution in [3.63, 3.8) is 0 Å². The first-order valence-electron chi connectivity index (χ1n) is 8.64. The van der Waals surface area contributed by atoms with E-state index in [1.807, 2.05) is 13.0 Å². The molecule has 148 valence electrons. The Kier molecular flexibility index (Phi) is 4.92. The summed E-state index contributed by atoms with van der Waals surface area (Å²) in [6.45, 7) is 3.12. The number of hydrogen-bond acceptors (Lipinski definition) is 6. The number of hydrogen-bond donors (Lipinski definition) is 0.